The lowest BCUT2D eigenvalue weighted by molar-refractivity contribution is -0.144. The molecular weight excluding hydrogens is 332 g/mol. The molecule has 0 amide bonds. The Kier molecular flexibility index (Phi) is 7.23. The number of benzene rings is 1. The zero-order valence-corrected chi connectivity index (χ0v) is 14.7. The van der Waals surface area contributed by atoms with Gasteiger partial charge in [0.15, 0.2) is 0 Å². The number of hydrogen-bond donors (Lipinski definition) is 1. The molecular formula is C17H25BrO3. The van der Waals surface area contributed by atoms with E-state index in [1.165, 1.54) is 0 Å². The molecule has 0 spiro atoms. The molecule has 0 radical (unpaired) electrons. The summed E-state index contributed by atoms with van der Waals surface area (Å²) >= 11 is 3.53. The fourth-order valence-electron chi connectivity index (χ4n) is 2.68. The summed E-state index contributed by atoms with van der Waals surface area (Å²) in [5.41, 5.74) is -0.00407. The maximum absolute atomic E-state index is 12.1. The number of aliphatic carboxylic acids is 1. The van der Waals surface area contributed by atoms with Gasteiger partial charge in [0.05, 0.1) is 12.5 Å². The van der Waals surface area contributed by atoms with Crippen molar-refractivity contribution in [3.8, 4) is 5.75 Å². The first-order valence-electron chi connectivity index (χ1n) is 7.59. The first-order valence-corrected chi connectivity index (χ1v) is 8.38. The molecule has 0 atom stereocenters. The van der Waals surface area contributed by atoms with Crippen molar-refractivity contribution in [2.45, 2.75) is 57.8 Å². The van der Waals surface area contributed by atoms with Gasteiger partial charge in [-0.05, 0) is 36.6 Å². The van der Waals surface area contributed by atoms with Crippen LogP contribution in [0.4, 0.5) is 0 Å². The van der Waals surface area contributed by atoms with Gasteiger partial charge in [0.1, 0.15) is 5.75 Å². The van der Waals surface area contributed by atoms with Gasteiger partial charge in [-0.25, -0.2) is 0 Å². The molecule has 0 heterocycles. The van der Waals surface area contributed by atoms with Crippen LogP contribution in [0.25, 0.3) is 0 Å². The van der Waals surface area contributed by atoms with Gasteiger partial charge in [-0.15, -0.1) is 0 Å². The second-order valence-electron chi connectivity index (χ2n) is 5.44. The number of hydrogen-bond acceptors (Lipinski definition) is 2. The summed E-state index contributed by atoms with van der Waals surface area (Å²) in [7, 11) is 1.60. The van der Waals surface area contributed by atoms with Gasteiger partial charge in [0, 0.05) is 4.47 Å². The molecule has 0 saturated heterocycles. The summed E-state index contributed by atoms with van der Waals surface area (Å²) in [5, 5.41) is 9.96. The Hall–Kier alpha value is -1.03. The van der Waals surface area contributed by atoms with Crippen LogP contribution in [0.2, 0.25) is 0 Å². The van der Waals surface area contributed by atoms with Gasteiger partial charge >= 0.3 is 5.97 Å². The molecule has 0 aliphatic heterocycles. The van der Waals surface area contributed by atoms with E-state index in [1.807, 2.05) is 18.2 Å². The quantitative estimate of drug-likeness (QED) is 0.664. The van der Waals surface area contributed by atoms with E-state index in [1.54, 1.807) is 7.11 Å². The highest BCUT2D eigenvalue weighted by atomic mass is 79.9. The number of ether oxygens (including phenoxy) is 1. The molecule has 1 aromatic rings. The summed E-state index contributed by atoms with van der Waals surface area (Å²) in [5.74, 6) is -0.0369. The monoisotopic (exact) mass is 356 g/mol. The summed E-state index contributed by atoms with van der Waals surface area (Å²) in [6.07, 6.45) is 5.10. The van der Waals surface area contributed by atoms with Crippen molar-refractivity contribution in [3.05, 3.63) is 28.2 Å². The van der Waals surface area contributed by atoms with Crippen LogP contribution in [0.5, 0.6) is 5.75 Å². The molecule has 0 aromatic heterocycles. The second-order valence-corrected chi connectivity index (χ2v) is 6.29. The van der Waals surface area contributed by atoms with Crippen molar-refractivity contribution in [1.29, 1.82) is 0 Å². The Morgan fingerprint density at radius 2 is 1.81 bits per heavy atom. The Morgan fingerprint density at radius 3 is 2.24 bits per heavy atom. The minimum absolute atomic E-state index is 0.657. The van der Waals surface area contributed by atoms with Gasteiger partial charge in [0.25, 0.3) is 0 Å². The lowest BCUT2D eigenvalue weighted by Crippen LogP contribution is -2.36. The average Bonchev–Trinajstić information content (AvgIpc) is 2.48. The van der Waals surface area contributed by atoms with Crippen LogP contribution in [0.1, 0.15) is 57.9 Å². The normalized spacial score (nSPS) is 11.4. The number of methoxy groups -OCH3 is 1. The maximum atomic E-state index is 12.1. The van der Waals surface area contributed by atoms with Crippen molar-refractivity contribution in [3.63, 3.8) is 0 Å². The van der Waals surface area contributed by atoms with Crippen molar-refractivity contribution < 1.29 is 14.6 Å². The van der Waals surface area contributed by atoms with Crippen LogP contribution >= 0.6 is 15.9 Å². The molecule has 0 saturated carbocycles. The molecule has 0 aliphatic rings. The Morgan fingerprint density at radius 1 is 1.24 bits per heavy atom. The van der Waals surface area contributed by atoms with E-state index < -0.39 is 11.4 Å². The standard InChI is InChI=1S/C17H25BrO3/c1-4-6-10-17(16(19)20,11-7-5-2)14-12-13(21-3)8-9-15(14)18/h8-9,12H,4-7,10-11H2,1-3H3,(H,19,20). The molecule has 1 aromatic carbocycles. The SMILES string of the molecule is CCCCC(CCCC)(C(=O)O)c1cc(OC)ccc1Br. The van der Waals surface area contributed by atoms with Crippen molar-refractivity contribution in [2.24, 2.45) is 0 Å². The third-order valence-electron chi connectivity index (χ3n) is 4.01. The van der Waals surface area contributed by atoms with Crippen LogP contribution < -0.4 is 4.74 Å². The first-order chi connectivity index (χ1) is 10.0. The highest BCUT2D eigenvalue weighted by Crippen LogP contribution is 2.41. The van der Waals surface area contributed by atoms with E-state index in [-0.39, 0.29) is 0 Å². The van der Waals surface area contributed by atoms with E-state index in [2.05, 4.69) is 29.8 Å². The summed E-state index contributed by atoms with van der Waals surface area (Å²) in [4.78, 5) is 12.1. The number of carbonyl (C=O) groups is 1. The van der Waals surface area contributed by atoms with Gasteiger partial charge in [-0.2, -0.15) is 0 Å². The highest BCUT2D eigenvalue weighted by molar-refractivity contribution is 9.10. The lowest BCUT2D eigenvalue weighted by atomic mass is 9.72. The maximum Gasteiger partial charge on any atom is 0.314 e. The third-order valence-corrected chi connectivity index (χ3v) is 4.70. The summed E-state index contributed by atoms with van der Waals surface area (Å²) in [6, 6.07) is 5.59. The van der Waals surface area contributed by atoms with Crippen LogP contribution in [0.3, 0.4) is 0 Å². The molecule has 21 heavy (non-hydrogen) atoms. The van der Waals surface area contributed by atoms with Gasteiger partial charge < -0.3 is 9.84 Å². The minimum Gasteiger partial charge on any atom is -0.497 e. The van der Waals surface area contributed by atoms with E-state index in [0.717, 1.165) is 35.7 Å². The van der Waals surface area contributed by atoms with Crippen molar-refractivity contribution in [1.82, 2.24) is 0 Å². The molecule has 1 rings (SSSR count). The van der Waals surface area contributed by atoms with Crippen molar-refractivity contribution >= 4 is 21.9 Å². The Labute approximate surface area is 135 Å². The molecule has 0 aliphatic carbocycles. The highest BCUT2D eigenvalue weighted by Gasteiger charge is 2.40. The fourth-order valence-corrected chi connectivity index (χ4v) is 3.30. The van der Waals surface area contributed by atoms with Crippen LogP contribution in [-0.4, -0.2) is 18.2 Å². The zero-order valence-electron chi connectivity index (χ0n) is 13.1. The number of unbranched alkanes of at least 4 members (excludes halogenated alkanes) is 2. The molecule has 3 nitrogen and oxygen atoms in total. The van der Waals surface area contributed by atoms with Crippen LogP contribution in [0, 0.1) is 0 Å². The molecule has 1 N–H and O–H groups in total. The van der Waals surface area contributed by atoms with Crippen molar-refractivity contribution in [2.75, 3.05) is 7.11 Å². The number of halogens is 1. The van der Waals surface area contributed by atoms with Gasteiger partial charge in [-0.1, -0.05) is 55.5 Å². The van der Waals surface area contributed by atoms with E-state index in [9.17, 15) is 9.90 Å². The summed E-state index contributed by atoms with van der Waals surface area (Å²) in [6.45, 7) is 4.18. The molecule has 0 unspecified atom stereocenters. The van der Waals surface area contributed by atoms with Crippen LogP contribution in [-0.2, 0) is 10.2 Å². The molecule has 4 heteroatoms. The van der Waals surface area contributed by atoms with Gasteiger partial charge in [0.2, 0.25) is 0 Å². The Bertz CT molecular complexity index is 463. The molecule has 0 bridgehead atoms. The molecule has 0 fully saturated rings. The first kappa shape index (κ1) is 18.0. The number of carboxylic acids is 1. The average molecular weight is 357 g/mol. The second kappa shape index (κ2) is 8.42. The molecule has 118 valence electrons. The Balaban J connectivity index is 3.35. The third kappa shape index (κ3) is 4.22. The fraction of sp³-hybridized carbons (Fsp3) is 0.588. The van der Waals surface area contributed by atoms with Crippen LogP contribution in [0.15, 0.2) is 22.7 Å². The smallest absolute Gasteiger partial charge is 0.314 e. The predicted octanol–water partition coefficient (Wildman–Crippen LogP) is 5.16. The number of rotatable bonds is 9. The minimum atomic E-state index is -0.834. The predicted molar refractivity (Wildman–Crippen MR) is 89.1 cm³/mol. The van der Waals surface area contributed by atoms with E-state index >= 15 is 0 Å². The van der Waals surface area contributed by atoms with Gasteiger partial charge in [-0.3, -0.25) is 4.79 Å². The lowest BCUT2D eigenvalue weighted by Gasteiger charge is -2.31. The van der Waals surface area contributed by atoms with E-state index in [4.69, 9.17) is 4.74 Å². The summed E-state index contributed by atoms with van der Waals surface area (Å²) < 4.78 is 6.13. The zero-order chi connectivity index (χ0) is 15.9. The number of carboxylic acid groups (broad SMARTS) is 1. The van der Waals surface area contributed by atoms with E-state index in [0.29, 0.717) is 18.6 Å². The largest absolute Gasteiger partial charge is 0.497 e. The topological polar surface area (TPSA) is 46.5 Å².